The molecule has 0 saturated heterocycles. The van der Waals surface area contributed by atoms with Gasteiger partial charge in [-0.15, -0.1) is 0 Å². The van der Waals surface area contributed by atoms with E-state index in [0.717, 1.165) is 12.1 Å². The number of aliphatic carboxylic acids is 1. The van der Waals surface area contributed by atoms with Gasteiger partial charge in [0.2, 0.25) is 11.8 Å². The van der Waals surface area contributed by atoms with Gasteiger partial charge in [-0.05, 0) is 43.4 Å². The molecule has 226 valence electrons. The summed E-state index contributed by atoms with van der Waals surface area (Å²) in [6.07, 6.45) is -5.06. The van der Waals surface area contributed by atoms with Crippen molar-refractivity contribution in [3.63, 3.8) is 0 Å². The lowest BCUT2D eigenvalue weighted by molar-refractivity contribution is -0.143. The topological polar surface area (TPSA) is 197 Å². The Bertz CT molecular complexity index is 1380. The van der Waals surface area contributed by atoms with Gasteiger partial charge in [-0.2, -0.15) is 23.1 Å². The van der Waals surface area contributed by atoms with Crippen molar-refractivity contribution in [2.24, 2.45) is 5.92 Å². The van der Waals surface area contributed by atoms with Crippen LogP contribution in [0.5, 0.6) is 17.8 Å². The van der Waals surface area contributed by atoms with Gasteiger partial charge in [0.15, 0.2) is 5.78 Å². The maximum Gasteiger partial charge on any atom is 0.431 e. The average Bonchev–Trinajstić information content (AvgIpc) is 2.86. The zero-order valence-electron chi connectivity index (χ0n) is 21.5. The molecule has 3 rings (SSSR count). The van der Waals surface area contributed by atoms with E-state index in [1.807, 2.05) is 0 Å². The van der Waals surface area contributed by atoms with Gasteiger partial charge in [0.25, 0.3) is 5.91 Å². The summed E-state index contributed by atoms with van der Waals surface area (Å²) in [5.41, 5.74) is -4.27. The molecule has 2 aromatic rings. The Labute approximate surface area is 233 Å². The number of nitrogens with zero attached hydrogens (tertiary/aromatic N) is 3. The Morgan fingerprint density at radius 3 is 2.02 bits per heavy atom. The van der Waals surface area contributed by atoms with E-state index in [2.05, 4.69) is 15.3 Å². The van der Waals surface area contributed by atoms with Gasteiger partial charge < -0.3 is 36.1 Å². The SMILES string of the molecule is N=C/C(C(=O)N(CC(=O)c1c(O)nc(O)nc1O)Cc1cc(F)cc(F)c1)=C(\N[C@H]1CC[C@H](C(=O)O)CC1)C(F)(F)F. The van der Waals surface area contributed by atoms with Gasteiger partial charge in [-0.1, -0.05) is 0 Å². The standard InChI is InChI=1S/C25H24F5N5O7/c26-13-5-11(6-14(27)7-13)9-35(10-17(36)18-20(37)33-24(42)34-21(18)38)22(39)16(8-31)19(25(28,29)30)32-15-3-1-12(2-4-15)23(40)41/h5-8,12,15,31-32H,1-4,9-10H2,(H,40,41)(H3,33,34,37,38,42)/b19-16+,31-8?/t12-,15-. The molecule has 1 saturated carbocycles. The first-order valence-electron chi connectivity index (χ1n) is 12.2. The maximum atomic E-state index is 14.2. The number of aromatic hydroxyl groups is 3. The van der Waals surface area contributed by atoms with Gasteiger partial charge in [0, 0.05) is 24.9 Å². The summed E-state index contributed by atoms with van der Waals surface area (Å²) in [6.45, 7) is -2.08. The molecule has 1 aromatic heterocycles. The first-order chi connectivity index (χ1) is 19.6. The molecule has 1 amide bonds. The fourth-order valence-corrected chi connectivity index (χ4v) is 4.46. The largest absolute Gasteiger partial charge is 0.492 e. The minimum atomic E-state index is -5.24. The van der Waals surface area contributed by atoms with Crippen LogP contribution in [0.1, 0.15) is 41.6 Å². The Morgan fingerprint density at radius 2 is 1.55 bits per heavy atom. The lowest BCUT2D eigenvalue weighted by Crippen LogP contribution is -2.43. The van der Waals surface area contributed by atoms with Crippen LogP contribution in [-0.4, -0.2) is 77.9 Å². The highest BCUT2D eigenvalue weighted by molar-refractivity contribution is 6.13. The monoisotopic (exact) mass is 601 g/mol. The van der Waals surface area contributed by atoms with Crippen molar-refractivity contribution in [3.8, 4) is 17.8 Å². The molecule has 0 radical (unpaired) electrons. The third-order valence-electron chi connectivity index (χ3n) is 6.41. The molecule has 1 aromatic carbocycles. The highest BCUT2D eigenvalue weighted by atomic mass is 19.4. The highest BCUT2D eigenvalue weighted by Crippen LogP contribution is 2.32. The summed E-state index contributed by atoms with van der Waals surface area (Å²) < 4.78 is 70.2. The molecule has 1 heterocycles. The first kappa shape index (κ1) is 31.7. The predicted molar refractivity (Wildman–Crippen MR) is 132 cm³/mol. The minimum absolute atomic E-state index is 0.000191. The summed E-state index contributed by atoms with van der Waals surface area (Å²) in [7, 11) is 0. The van der Waals surface area contributed by atoms with E-state index in [0.29, 0.717) is 11.0 Å². The second kappa shape index (κ2) is 12.8. The molecule has 1 aliphatic carbocycles. The lowest BCUT2D eigenvalue weighted by Gasteiger charge is -2.30. The molecular formula is C25H24F5N5O7. The van der Waals surface area contributed by atoms with Crippen LogP contribution in [0.2, 0.25) is 0 Å². The van der Waals surface area contributed by atoms with Crippen LogP contribution in [0.3, 0.4) is 0 Å². The number of rotatable bonds is 10. The van der Waals surface area contributed by atoms with Crippen molar-refractivity contribution in [2.45, 2.75) is 44.4 Å². The molecule has 0 spiro atoms. The molecule has 42 heavy (non-hydrogen) atoms. The molecule has 0 aliphatic heterocycles. The van der Waals surface area contributed by atoms with Crippen molar-refractivity contribution in [1.29, 1.82) is 5.41 Å². The van der Waals surface area contributed by atoms with Crippen LogP contribution in [0.15, 0.2) is 29.5 Å². The molecule has 0 bridgehead atoms. The number of carbonyl (C=O) groups excluding carboxylic acids is 2. The van der Waals surface area contributed by atoms with Gasteiger partial charge in [0.1, 0.15) is 22.9 Å². The summed E-state index contributed by atoms with van der Waals surface area (Å²) in [5.74, 6) is -9.46. The number of hydrogen-bond donors (Lipinski definition) is 6. The smallest absolute Gasteiger partial charge is 0.431 e. The summed E-state index contributed by atoms with van der Waals surface area (Å²) in [5, 5.41) is 48.0. The number of carboxylic acids is 1. The Hall–Kier alpha value is -4.83. The van der Waals surface area contributed by atoms with Gasteiger partial charge in [-0.3, -0.25) is 14.4 Å². The van der Waals surface area contributed by atoms with E-state index in [9.17, 15) is 51.7 Å². The minimum Gasteiger partial charge on any atom is -0.492 e. The fourth-order valence-electron chi connectivity index (χ4n) is 4.46. The number of benzene rings is 1. The number of ketones is 1. The number of hydrogen-bond acceptors (Lipinski definition) is 10. The number of aromatic nitrogens is 2. The number of carboxylic acid groups (broad SMARTS) is 1. The Kier molecular flexibility index (Phi) is 9.64. The number of amides is 1. The number of alkyl halides is 3. The van der Waals surface area contributed by atoms with Gasteiger partial charge in [0.05, 0.1) is 18.0 Å². The van der Waals surface area contributed by atoms with E-state index in [1.165, 1.54) is 0 Å². The molecule has 6 N–H and O–H groups in total. The van der Waals surface area contributed by atoms with Crippen molar-refractivity contribution >= 4 is 23.9 Å². The summed E-state index contributed by atoms with van der Waals surface area (Å²) >= 11 is 0. The molecule has 0 unspecified atom stereocenters. The normalized spacial score (nSPS) is 17.6. The maximum absolute atomic E-state index is 14.2. The molecule has 12 nitrogen and oxygen atoms in total. The van der Waals surface area contributed by atoms with Crippen molar-refractivity contribution in [2.75, 3.05) is 6.54 Å². The number of nitrogens with one attached hydrogen (secondary N) is 2. The number of halogens is 5. The summed E-state index contributed by atoms with van der Waals surface area (Å²) in [6, 6.07) is -0.0839. The lowest BCUT2D eigenvalue weighted by atomic mass is 9.86. The Morgan fingerprint density at radius 1 is 1.00 bits per heavy atom. The fraction of sp³-hybridized carbons (Fsp3) is 0.360. The van der Waals surface area contributed by atoms with Crippen molar-refractivity contribution in [1.82, 2.24) is 20.2 Å². The van der Waals surface area contributed by atoms with Crippen molar-refractivity contribution < 1.29 is 56.8 Å². The van der Waals surface area contributed by atoms with Crippen LogP contribution in [0, 0.1) is 23.0 Å². The quantitative estimate of drug-likeness (QED) is 0.102. The van der Waals surface area contributed by atoms with E-state index >= 15 is 0 Å². The van der Waals surface area contributed by atoms with Gasteiger partial charge >= 0.3 is 18.2 Å². The zero-order valence-corrected chi connectivity index (χ0v) is 21.5. The van der Waals surface area contributed by atoms with Crippen LogP contribution in [0.25, 0.3) is 0 Å². The average molecular weight is 601 g/mol. The van der Waals surface area contributed by atoms with Crippen LogP contribution in [-0.2, 0) is 16.1 Å². The Balaban J connectivity index is 2.03. The molecule has 1 fully saturated rings. The molecule has 1 aliphatic rings. The second-order valence-corrected chi connectivity index (χ2v) is 9.37. The number of carbonyl (C=O) groups is 3. The van der Waals surface area contributed by atoms with Crippen molar-refractivity contribution in [3.05, 3.63) is 52.2 Å². The number of Topliss-reactive ketones (excluding diaryl/α,β-unsaturated/α-hetero) is 1. The van der Waals surface area contributed by atoms with Crippen LogP contribution >= 0.6 is 0 Å². The second-order valence-electron chi connectivity index (χ2n) is 9.37. The molecule has 17 heteroatoms. The van der Waals surface area contributed by atoms with Crippen LogP contribution < -0.4 is 5.32 Å². The predicted octanol–water partition coefficient (Wildman–Crippen LogP) is 2.78. The zero-order chi connectivity index (χ0) is 31.4. The number of allylic oxidation sites excluding steroid dienone is 1. The van der Waals surface area contributed by atoms with Gasteiger partial charge in [-0.25, -0.2) is 8.78 Å². The summed E-state index contributed by atoms with van der Waals surface area (Å²) in [4.78, 5) is 44.1. The first-order valence-corrected chi connectivity index (χ1v) is 12.2. The third-order valence-corrected chi connectivity index (χ3v) is 6.41. The van der Waals surface area contributed by atoms with E-state index in [-0.39, 0.29) is 37.5 Å². The van der Waals surface area contributed by atoms with E-state index in [4.69, 9.17) is 10.5 Å². The molecular weight excluding hydrogens is 577 g/mol. The van der Waals surface area contributed by atoms with E-state index in [1.54, 1.807) is 0 Å². The third kappa shape index (κ3) is 7.67. The van der Waals surface area contributed by atoms with Crippen LogP contribution in [0.4, 0.5) is 22.0 Å². The molecule has 0 atom stereocenters. The highest BCUT2D eigenvalue weighted by Gasteiger charge is 2.41. The van der Waals surface area contributed by atoms with E-state index < -0.39 is 95.1 Å².